The van der Waals surface area contributed by atoms with Crippen molar-refractivity contribution in [1.82, 2.24) is 9.97 Å². The molecule has 3 aromatic rings. The molecule has 0 aliphatic carbocycles. The van der Waals surface area contributed by atoms with Crippen LogP contribution in [-0.2, 0) is 18.3 Å². The zero-order valence-electron chi connectivity index (χ0n) is 21.1. The molecule has 1 aliphatic rings. The minimum atomic E-state index is -4.90. The van der Waals surface area contributed by atoms with Gasteiger partial charge in [-0.15, -0.1) is 0 Å². The molecule has 1 aliphatic heterocycles. The summed E-state index contributed by atoms with van der Waals surface area (Å²) < 4.78 is 48.5. The van der Waals surface area contributed by atoms with Crippen LogP contribution in [0.5, 0.6) is 5.75 Å². The number of aromatic amines is 1. The van der Waals surface area contributed by atoms with E-state index in [-0.39, 0.29) is 23.6 Å². The van der Waals surface area contributed by atoms with Crippen LogP contribution in [-0.4, -0.2) is 39.2 Å². The van der Waals surface area contributed by atoms with Crippen molar-refractivity contribution in [3.8, 4) is 5.75 Å². The summed E-state index contributed by atoms with van der Waals surface area (Å²) in [6.07, 6.45) is -5.30. The largest absolute Gasteiger partial charge is 0.493 e. The van der Waals surface area contributed by atoms with Gasteiger partial charge in [0.05, 0.1) is 17.6 Å². The van der Waals surface area contributed by atoms with E-state index in [2.05, 4.69) is 9.97 Å². The fraction of sp³-hybridized carbons (Fsp3) is 0.481. The van der Waals surface area contributed by atoms with Gasteiger partial charge < -0.3 is 14.8 Å². The van der Waals surface area contributed by atoms with Crippen LogP contribution >= 0.6 is 11.6 Å². The monoisotopic (exact) mass is 524 g/mol. The van der Waals surface area contributed by atoms with Crippen LogP contribution in [0.3, 0.4) is 0 Å². The van der Waals surface area contributed by atoms with Crippen LogP contribution in [0.2, 0.25) is 5.02 Å². The Morgan fingerprint density at radius 1 is 1.19 bits per heavy atom. The van der Waals surface area contributed by atoms with Crippen LogP contribution in [0, 0.1) is 0 Å². The number of fused-ring (bicyclic) bond motifs is 2. The average Bonchev–Trinajstić information content (AvgIpc) is 3.43. The van der Waals surface area contributed by atoms with E-state index in [9.17, 15) is 23.1 Å². The number of pyridine rings is 1. The van der Waals surface area contributed by atoms with Gasteiger partial charge in [0.2, 0.25) is 0 Å². The second-order valence-corrected chi connectivity index (χ2v) is 9.94. The van der Waals surface area contributed by atoms with Gasteiger partial charge in [-0.2, -0.15) is 13.2 Å². The molecule has 4 rings (SSSR count). The molecule has 0 saturated carbocycles. The van der Waals surface area contributed by atoms with E-state index in [1.165, 1.54) is 12.1 Å². The predicted molar refractivity (Wildman–Crippen MR) is 135 cm³/mol. The Bertz CT molecular complexity index is 1250. The van der Waals surface area contributed by atoms with Gasteiger partial charge in [0.25, 0.3) is 0 Å². The second kappa shape index (κ2) is 10.4. The molecular formula is C27H32ClF3N2O3. The highest BCUT2D eigenvalue weighted by atomic mass is 35.5. The molecule has 1 aromatic carbocycles. The number of ketones is 1. The molecule has 1 unspecified atom stereocenters. The van der Waals surface area contributed by atoms with Crippen molar-refractivity contribution in [2.24, 2.45) is 0 Å². The lowest BCUT2D eigenvalue weighted by Crippen LogP contribution is -2.51. The van der Waals surface area contributed by atoms with Gasteiger partial charge in [0, 0.05) is 35.5 Å². The van der Waals surface area contributed by atoms with Crippen LogP contribution in [0.4, 0.5) is 13.2 Å². The summed E-state index contributed by atoms with van der Waals surface area (Å²) in [4.78, 5) is 19.1. The number of benzene rings is 1. The van der Waals surface area contributed by atoms with Gasteiger partial charge in [0.1, 0.15) is 11.4 Å². The van der Waals surface area contributed by atoms with Crippen molar-refractivity contribution in [1.29, 1.82) is 0 Å². The highest BCUT2D eigenvalue weighted by Gasteiger charge is 2.56. The smallest absolute Gasteiger partial charge is 0.417 e. The minimum absolute atomic E-state index is 0.158. The van der Waals surface area contributed by atoms with Gasteiger partial charge in [-0.1, -0.05) is 46.2 Å². The van der Waals surface area contributed by atoms with Crippen LogP contribution in [0.25, 0.3) is 11.0 Å². The van der Waals surface area contributed by atoms with Crippen molar-refractivity contribution in [2.45, 2.75) is 77.5 Å². The summed E-state index contributed by atoms with van der Waals surface area (Å²) in [6, 6.07) is 7.97. The van der Waals surface area contributed by atoms with E-state index in [4.69, 9.17) is 16.3 Å². The molecule has 2 aromatic heterocycles. The maximum Gasteiger partial charge on any atom is 0.417 e. The lowest BCUT2D eigenvalue weighted by molar-refractivity contribution is -0.266. The van der Waals surface area contributed by atoms with Gasteiger partial charge in [-0.3, -0.25) is 4.79 Å². The first kappa shape index (κ1) is 28.0. The minimum Gasteiger partial charge on any atom is -0.493 e. The number of alkyl halides is 3. The number of aromatic nitrogens is 2. The SMILES string of the molecule is CC.CCC(=O)c1ccc2[nH]c(CC(O)(CC(C)(C)c3cc(Cl)cc4c3OCC4)C(F)(F)F)cc2n1. The molecule has 0 fully saturated rings. The van der Waals surface area contributed by atoms with E-state index < -0.39 is 30.0 Å². The molecule has 196 valence electrons. The van der Waals surface area contributed by atoms with Crippen molar-refractivity contribution < 1.29 is 27.8 Å². The summed E-state index contributed by atoms with van der Waals surface area (Å²) in [7, 11) is 0. The van der Waals surface area contributed by atoms with E-state index in [0.29, 0.717) is 40.4 Å². The summed E-state index contributed by atoms with van der Waals surface area (Å²) in [5.74, 6) is 0.385. The predicted octanol–water partition coefficient (Wildman–Crippen LogP) is 6.97. The zero-order chi connectivity index (χ0) is 26.9. The molecule has 0 saturated heterocycles. The highest BCUT2D eigenvalue weighted by molar-refractivity contribution is 6.30. The van der Waals surface area contributed by atoms with Gasteiger partial charge in [-0.05, 0) is 47.7 Å². The van der Waals surface area contributed by atoms with Gasteiger partial charge >= 0.3 is 6.18 Å². The summed E-state index contributed by atoms with van der Waals surface area (Å²) >= 11 is 6.24. The molecular weight excluding hydrogens is 493 g/mol. The molecule has 3 heterocycles. The van der Waals surface area contributed by atoms with E-state index in [0.717, 1.165) is 5.56 Å². The van der Waals surface area contributed by atoms with Crippen molar-refractivity contribution in [3.63, 3.8) is 0 Å². The number of rotatable bonds is 7. The highest BCUT2D eigenvalue weighted by Crippen LogP contribution is 2.47. The van der Waals surface area contributed by atoms with Gasteiger partial charge in [0.15, 0.2) is 11.4 Å². The number of ether oxygens (including phenoxy) is 1. The lowest BCUT2D eigenvalue weighted by Gasteiger charge is -2.38. The third kappa shape index (κ3) is 5.54. The maximum atomic E-state index is 14.3. The Hall–Kier alpha value is -2.58. The molecule has 0 spiro atoms. The van der Waals surface area contributed by atoms with E-state index in [1.54, 1.807) is 39.0 Å². The van der Waals surface area contributed by atoms with Crippen LogP contribution < -0.4 is 4.74 Å². The third-order valence-electron chi connectivity index (χ3n) is 6.36. The van der Waals surface area contributed by atoms with Crippen molar-refractivity contribution >= 4 is 28.4 Å². The summed E-state index contributed by atoms with van der Waals surface area (Å²) in [6.45, 7) is 9.44. The number of halogens is 4. The number of hydrogen-bond donors (Lipinski definition) is 2. The molecule has 9 heteroatoms. The number of carbonyl (C=O) groups is 1. The number of H-pyrrole nitrogens is 1. The average molecular weight is 525 g/mol. The quantitative estimate of drug-likeness (QED) is 0.327. The number of hydrogen-bond acceptors (Lipinski definition) is 4. The first-order chi connectivity index (χ1) is 16.8. The molecule has 5 nitrogen and oxygen atoms in total. The topological polar surface area (TPSA) is 75.2 Å². The Labute approximate surface area is 214 Å². The number of carbonyl (C=O) groups excluding carboxylic acids is 1. The normalized spacial score (nSPS) is 15.1. The molecule has 36 heavy (non-hydrogen) atoms. The standard InChI is InChI=1S/C25H26ClF3N2O3.C2H6/c1-4-21(32)19-6-5-18-20(31-19)11-16(30-18)12-24(33,25(27,28)29)13-23(2,3)17-10-15(26)9-14-7-8-34-22(14)17;1-2/h5-6,9-11,30,33H,4,7-8,12-13H2,1-3H3;1-2H3. The fourth-order valence-corrected chi connectivity index (χ4v) is 4.91. The molecule has 1 atom stereocenters. The third-order valence-corrected chi connectivity index (χ3v) is 6.58. The molecule has 0 radical (unpaired) electrons. The number of nitrogens with zero attached hydrogens (tertiary/aromatic N) is 1. The second-order valence-electron chi connectivity index (χ2n) is 9.51. The Balaban J connectivity index is 0.00000176. The van der Waals surface area contributed by atoms with Crippen LogP contribution in [0.15, 0.2) is 30.3 Å². The summed E-state index contributed by atoms with van der Waals surface area (Å²) in [5.41, 5.74) is -1.45. The molecule has 0 bridgehead atoms. The number of aliphatic hydroxyl groups is 1. The molecule has 0 amide bonds. The number of Topliss-reactive ketones (excluding diaryl/α,β-unsaturated/α-hetero) is 1. The van der Waals surface area contributed by atoms with Gasteiger partial charge in [-0.25, -0.2) is 4.98 Å². The van der Waals surface area contributed by atoms with Crippen LogP contribution in [0.1, 0.15) is 74.8 Å². The van der Waals surface area contributed by atoms with E-state index in [1.807, 2.05) is 13.8 Å². The molecule has 2 N–H and O–H groups in total. The Morgan fingerprint density at radius 3 is 2.53 bits per heavy atom. The van der Waals surface area contributed by atoms with E-state index >= 15 is 0 Å². The lowest BCUT2D eigenvalue weighted by atomic mass is 9.73. The first-order valence-corrected chi connectivity index (χ1v) is 12.5. The summed E-state index contributed by atoms with van der Waals surface area (Å²) in [5, 5.41) is 11.4. The first-order valence-electron chi connectivity index (χ1n) is 12.1. The number of nitrogens with one attached hydrogen (secondary N) is 1. The zero-order valence-corrected chi connectivity index (χ0v) is 21.9. The van der Waals surface area contributed by atoms with Crippen molar-refractivity contribution in [3.05, 3.63) is 57.9 Å². The Kier molecular flexibility index (Phi) is 8.10. The maximum absolute atomic E-state index is 14.3. The van der Waals surface area contributed by atoms with Crippen molar-refractivity contribution in [2.75, 3.05) is 6.61 Å². The Morgan fingerprint density at radius 2 is 1.89 bits per heavy atom. The fourth-order valence-electron chi connectivity index (χ4n) is 4.67.